The van der Waals surface area contributed by atoms with Gasteiger partial charge >= 0.3 is 42.3 Å². The third-order valence-electron chi connectivity index (χ3n) is 6.13. The second kappa shape index (κ2) is 16.8. The topological polar surface area (TPSA) is 184 Å². The van der Waals surface area contributed by atoms with Crippen molar-refractivity contribution in [1.29, 1.82) is 0 Å². The number of rotatable bonds is 10. The lowest BCUT2D eigenvalue weighted by molar-refractivity contribution is -0.135. The van der Waals surface area contributed by atoms with Crippen molar-refractivity contribution in [2.75, 3.05) is 0 Å². The molecule has 14 heteroatoms. The van der Waals surface area contributed by atoms with Crippen LogP contribution in [0.4, 0.5) is 14.4 Å². The number of carbonyl (C=O) groups excluding carboxylic acids is 7. The number of esters is 4. The molecule has 262 valence electrons. The van der Waals surface area contributed by atoms with E-state index in [9.17, 15) is 33.6 Å². The maximum absolute atomic E-state index is 12.7. The third kappa shape index (κ3) is 11.0. The van der Waals surface area contributed by atoms with Crippen LogP contribution in [0.5, 0.6) is 23.0 Å². The predicted molar refractivity (Wildman–Crippen MR) is 179 cm³/mol. The number of carbonyl (C=O) groups is 7. The van der Waals surface area contributed by atoms with Gasteiger partial charge in [-0.2, -0.15) is 0 Å². The van der Waals surface area contributed by atoms with E-state index in [0.29, 0.717) is 11.1 Å². The average Bonchev–Trinajstić information content (AvgIpc) is 3.05. The molecule has 0 amide bonds. The van der Waals surface area contributed by atoms with E-state index in [1.807, 2.05) is 0 Å². The summed E-state index contributed by atoms with van der Waals surface area (Å²) < 4.78 is 34.4. The molecule has 0 fully saturated rings. The lowest BCUT2D eigenvalue weighted by atomic mass is 9.97. The average molecular weight is 699 g/mol. The van der Waals surface area contributed by atoms with Gasteiger partial charge in [-0.3, -0.25) is 0 Å². The molecule has 3 rings (SSSR count). The molecule has 0 aliphatic carbocycles. The minimum absolute atomic E-state index is 0.0000169. The molecule has 3 aromatic rings. The van der Waals surface area contributed by atoms with Crippen LogP contribution in [-0.4, -0.2) is 42.3 Å². The fourth-order valence-corrected chi connectivity index (χ4v) is 3.61. The lowest BCUT2D eigenvalue weighted by Crippen LogP contribution is -2.20. The third-order valence-corrected chi connectivity index (χ3v) is 6.13. The van der Waals surface area contributed by atoms with Crippen LogP contribution < -0.4 is 18.9 Å². The first-order valence-electron chi connectivity index (χ1n) is 14.5. The van der Waals surface area contributed by atoms with Crippen molar-refractivity contribution in [2.45, 2.75) is 27.7 Å². The van der Waals surface area contributed by atoms with Gasteiger partial charge in [0.25, 0.3) is 0 Å². The molecule has 0 bridgehead atoms. The lowest BCUT2D eigenvalue weighted by Gasteiger charge is -2.17. The van der Waals surface area contributed by atoms with E-state index < -0.39 is 42.3 Å². The van der Waals surface area contributed by atoms with E-state index in [1.54, 1.807) is 0 Å². The summed E-state index contributed by atoms with van der Waals surface area (Å²) in [7, 11) is 0. The number of benzene rings is 3. The van der Waals surface area contributed by atoms with E-state index in [2.05, 4.69) is 40.5 Å². The van der Waals surface area contributed by atoms with Gasteiger partial charge in [0.05, 0.1) is 0 Å². The van der Waals surface area contributed by atoms with Gasteiger partial charge in [0.2, 0.25) is 0 Å². The van der Waals surface area contributed by atoms with Crippen molar-refractivity contribution >= 4 is 42.3 Å². The van der Waals surface area contributed by atoms with Crippen molar-refractivity contribution < 1.29 is 66.7 Å². The molecule has 0 radical (unpaired) electrons. The van der Waals surface area contributed by atoms with Gasteiger partial charge in [-0.1, -0.05) is 50.6 Å². The van der Waals surface area contributed by atoms with Crippen LogP contribution in [0.3, 0.4) is 0 Å². The van der Waals surface area contributed by atoms with E-state index >= 15 is 0 Å². The van der Waals surface area contributed by atoms with E-state index in [1.165, 1.54) is 88.4 Å². The highest BCUT2D eigenvalue weighted by Gasteiger charge is 2.22. The van der Waals surface area contributed by atoms with E-state index in [0.717, 1.165) is 0 Å². The van der Waals surface area contributed by atoms with Gasteiger partial charge in [-0.25, -0.2) is 33.6 Å². The number of ether oxygens (including phenoxy) is 7. The van der Waals surface area contributed by atoms with Gasteiger partial charge in [-0.15, -0.1) is 0 Å². The summed E-state index contributed by atoms with van der Waals surface area (Å²) >= 11 is 0. The Labute approximate surface area is 291 Å². The molecule has 0 spiro atoms. The number of hydrogen-bond acceptors (Lipinski definition) is 14. The molecule has 14 nitrogen and oxygen atoms in total. The Kier molecular flexibility index (Phi) is 12.7. The van der Waals surface area contributed by atoms with Crippen LogP contribution in [0.25, 0.3) is 22.3 Å². The standard InChI is InChI=1S/C37H30O14/c1-19(2)31(38)47-29-18-28(24-11-15-26(16-12-24)46-36(43)51-37(44)50-34(41)22(7)8)30(48-32(39)20(3)4)17-27(29)23-9-13-25(14-10-23)45-35(42)49-33(40)21(5)6/h9-18H,1,3,5,7H2,2,4,6,8H3. The normalized spacial score (nSPS) is 10.0. The van der Waals surface area contributed by atoms with Crippen molar-refractivity contribution in [3.05, 3.63) is 109 Å². The van der Waals surface area contributed by atoms with E-state index in [4.69, 9.17) is 18.9 Å². The Morgan fingerprint density at radius 3 is 1.06 bits per heavy atom. The second-order valence-electron chi connectivity index (χ2n) is 10.6. The first-order chi connectivity index (χ1) is 23.9. The summed E-state index contributed by atoms with van der Waals surface area (Å²) in [5, 5.41) is 0. The molecular weight excluding hydrogens is 668 g/mol. The molecular formula is C37H30O14. The molecule has 0 saturated heterocycles. The summed E-state index contributed by atoms with van der Waals surface area (Å²) in [6.07, 6.45) is -4.40. The zero-order valence-corrected chi connectivity index (χ0v) is 27.8. The fourth-order valence-electron chi connectivity index (χ4n) is 3.61. The van der Waals surface area contributed by atoms with Gasteiger partial charge < -0.3 is 33.2 Å². The van der Waals surface area contributed by atoms with E-state index in [-0.39, 0.29) is 56.4 Å². The molecule has 51 heavy (non-hydrogen) atoms. The van der Waals surface area contributed by atoms with Crippen LogP contribution in [-0.2, 0) is 33.4 Å². The highest BCUT2D eigenvalue weighted by Crippen LogP contribution is 2.42. The maximum atomic E-state index is 12.7. The Balaban J connectivity index is 2.01. The van der Waals surface area contributed by atoms with Crippen molar-refractivity contribution in [1.82, 2.24) is 0 Å². The van der Waals surface area contributed by atoms with Gasteiger partial charge in [-0.05, 0) is 75.2 Å². The Morgan fingerprint density at radius 2 is 0.725 bits per heavy atom. The first kappa shape index (κ1) is 38.4. The number of hydrogen-bond donors (Lipinski definition) is 0. The second-order valence-corrected chi connectivity index (χ2v) is 10.6. The van der Waals surface area contributed by atoms with Crippen molar-refractivity contribution in [3.63, 3.8) is 0 Å². The van der Waals surface area contributed by atoms with Crippen molar-refractivity contribution in [2.24, 2.45) is 0 Å². The van der Waals surface area contributed by atoms with Gasteiger partial charge in [0.15, 0.2) is 0 Å². The quantitative estimate of drug-likeness (QED) is 0.0672. The summed E-state index contributed by atoms with van der Waals surface area (Å²) in [5.41, 5.74) is 1.31. The minimum atomic E-state index is -1.62. The molecule has 0 aromatic heterocycles. The van der Waals surface area contributed by atoms with Gasteiger partial charge in [0, 0.05) is 33.4 Å². The zero-order chi connectivity index (χ0) is 38.0. The Morgan fingerprint density at radius 1 is 0.412 bits per heavy atom. The van der Waals surface area contributed by atoms with Crippen LogP contribution in [0, 0.1) is 0 Å². The highest BCUT2D eigenvalue weighted by molar-refractivity contribution is 5.96. The van der Waals surface area contributed by atoms with Crippen molar-refractivity contribution in [3.8, 4) is 45.3 Å². The molecule has 0 unspecified atom stereocenters. The molecule has 3 aromatic carbocycles. The summed E-state index contributed by atoms with van der Waals surface area (Å²) in [6, 6.07) is 14.1. The fraction of sp³-hybridized carbons (Fsp3) is 0.108. The molecule has 0 N–H and O–H groups in total. The SMILES string of the molecule is C=C(C)C(=O)OC(=O)OC(=O)Oc1ccc(-c2cc(OC(=O)C(=C)C)c(-c3ccc(OC(=O)OC(=O)C(=C)C)cc3)cc2OC(=O)C(=C)C)cc1. The summed E-state index contributed by atoms with van der Waals surface area (Å²) in [6.45, 7) is 19.4. The monoisotopic (exact) mass is 698 g/mol. The van der Waals surface area contributed by atoms with Gasteiger partial charge in [0.1, 0.15) is 23.0 Å². The van der Waals surface area contributed by atoms with Crippen LogP contribution in [0.15, 0.2) is 109 Å². The highest BCUT2D eigenvalue weighted by atomic mass is 16.8. The molecule has 0 aliphatic rings. The first-order valence-corrected chi connectivity index (χ1v) is 14.5. The molecule has 0 aliphatic heterocycles. The smallest absolute Gasteiger partial charge is 0.423 e. The van der Waals surface area contributed by atoms with Crippen LogP contribution >= 0.6 is 0 Å². The van der Waals surface area contributed by atoms with Crippen LogP contribution in [0.2, 0.25) is 0 Å². The largest absolute Gasteiger partial charge is 0.526 e. The predicted octanol–water partition coefficient (Wildman–Crippen LogP) is 7.36. The summed E-state index contributed by atoms with van der Waals surface area (Å²) in [4.78, 5) is 84.1. The Hall–Kier alpha value is -7.09. The molecule has 0 heterocycles. The molecule has 0 saturated carbocycles. The Bertz CT molecular complexity index is 1980. The maximum Gasteiger partial charge on any atom is 0.526 e. The molecule has 0 atom stereocenters. The van der Waals surface area contributed by atoms with Crippen LogP contribution in [0.1, 0.15) is 27.7 Å². The summed E-state index contributed by atoms with van der Waals surface area (Å²) in [5.74, 6) is -3.70. The zero-order valence-electron chi connectivity index (χ0n) is 27.8. The minimum Gasteiger partial charge on any atom is -0.423 e.